The summed E-state index contributed by atoms with van der Waals surface area (Å²) in [4.78, 5) is 24.2. The minimum Gasteiger partial charge on any atom is -0.480 e. The summed E-state index contributed by atoms with van der Waals surface area (Å²) in [6.45, 7) is 1.69. The average molecular weight is 378 g/mol. The van der Waals surface area contributed by atoms with E-state index in [1.807, 2.05) is 31.2 Å². The van der Waals surface area contributed by atoms with E-state index in [0.717, 1.165) is 10.8 Å². The second-order valence-corrected chi connectivity index (χ2v) is 7.63. The molecule has 7 nitrogen and oxygen atoms in total. The maximum Gasteiger partial charge on any atom is 0.323 e. The monoisotopic (exact) mass is 378 g/mol. The summed E-state index contributed by atoms with van der Waals surface area (Å²) in [5, 5.41) is 10.6. The topological polar surface area (TPSA) is 104 Å². The number of fused-ring (bicyclic) bond motifs is 1. The number of sulfonamides is 1. The standard InChI is InChI=1S/C18H22N2O5S/c1-2-11-20(13-18(22)23)17(21)9-10-19-26(24,25)16-8-7-14-5-3-4-6-15(14)12-16/h3-8,12,19H,2,9-11,13H2,1H3,(H,22,23). The molecule has 140 valence electrons. The van der Waals surface area contributed by atoms with E-state index in [1.54, 1.807) is 12.1 Å². The molecule has 0 fully saturated rings. The number of carboxylic acids is 1. The lowest BCUT2D eigenvalue weighted by molar-refractivity contribution is -0.144. The van der Waals surface area contributed by atoms with E-state index < -0.39 is 21.9 Å². The van der Waals surface area contributed by atoms with Crippen LogP contribution in [0.2, 0.25) is 0 Å². The Kier molecular flexibility index (Phi) is 6.70. The van der Waals surface area contributed by atoms with Crippen LogP contribution < -0.4 is 4.72 Å². The van der Waals surface area contributed by atoms with Crippen molar-refractivity contribution in [3.8, 4) is 0 Å². The zero-order valence-electron chi connectivity index (χ0n) is 14.5. The number of benzene rings is 2. The molecule has 0 saturated heterocycles. The minimum absolute atomic E-state index is 0.0895. The minimum atomic E-state index is -3.75. The van der Waals surface area contributed by atoms with Gasteiger partial charge in [0.1, 0.15) is 6.54 Å². The van der Waals surface area contributed by atoms with Crippen molar-refractivity contribution in [2.75, 3.05) is 19.6 Å². The SMILES string of the molecule is CCCN(CC(=O)O)C(=O)CCNS(=O)(=O)c1ccc2ccccc2c1. The molecule has 0 saturated carbocycles. The van der Waals surface area contributed by atoms with Crippen LogP contribution >= 0.6 is 0 Å². The van der Waals surface area contributed by atoms with Crippen LogP contribution in [-0.2, 0) is 19.6 Å². The van der Waals surface area contributed by atoms with Gasteiger partial charge in [0.05, 0.1) is 4.90 Å². The maximum atomic E-state index is 12.4. The molecule has 0 aliphatic heterocycles. The Morgan fingerprint density at radius 1 is 1.12 bits per heavy atom. The van der Waals surface area contributed by atoms with Crippen LogP contribution in [0.4, 0.5) is 0 Å². The molecule has 0 heterocycles. The number of amides is 1. The third-order valence-electron chi connectivity index (χ3n) is 3.83. The molecule has 0 atom stereocenters. The molecule has 2 N–H and O–H groups in total. The van der Waals surface area contributed by atoms with Gasteiger partial charge in [0.15, 0.2) is 0 Å². The van der Waals surface area contributed by atoms with Gasteiger partial charge in [-0.2, -0.15) is 0 Å². The third-order valence-corrected chi connectivity index (χ3v) is 5.29. The Balaban J connectivity index is 2.00. The molecule has 0 aromatic heterocycles. The van der Waals surface area contributed by atoms with Crippen molar-refractivity contribution >= 4 is 32.7 Å². The molecule has 0 bridgehead atoms. The highest BCUT2D eigenvalue weighted by Crippen LogP contribution is 2.18. The Bertz CT molecular complexity index is 895. The number of carbonyl (C=O) groups is 2. The fourth-order valence-electron chi connectivity index (χ4n) is 2.59. The molecular weight excluding hydrogens is 356 g/mol. The van der Waals surface area contributed by atoms with Crippen LogP contribution in [0, 0.1) is 0 Å². The van der Waals surface area contributed by atoms with Crippen LogP contribution in [0.25, 0.3) is 10.8 Å². The van der Waals surface area contributed by atoms with E-state index >= 15 is 0 Å². The van der Waals surface area contributed by atoms with Gasteiger partial charge in [-0.15, -0.1) is 0 Å². The van der Waals surface area contributed by atoms with Gasteiger partial charge in [-0.3, -0.25) is 9.59 Å². The summed E-state index contributed by atoms with van der Waals surface area (Å²) in [6, 6.07) is 12.2. The summed E-state index contributed by atoms with van der Waals surface area (Å²) in [5.74, 6) is -1.49. The summed E-state index contributed by atoms with van der Waals surface area (Å²) < 4.78 is 27.2. The first-order chi connectivity index (χ1) is 12.3. The molecule has 1 amide bonds. The van der Waals surface area contributed by atoms with E-state index in [2.05, 4.69) is 4.72 Å². The average Bonchev–Trinajstić information content (AvgIpc) is 2.60. The van der Waals surface area contributed by atoms with E-state index in [0.29, 0.717) is 13.0 Å². The summed E-state index contributed by atoms with van der Waals surface area (Å²) in [7, 11) is -3.75. The summed E-state index contributed by atoms with van der Waals surface area (Å²) in [5.41, 5.74) is 0. The summed E-state index contributed by atoms with van der Waals surface area (Å²) >= 11 is 0. The lowest BCUT2D eigenvalue weighted by Gasteiger charge is -2.20. The lowest BCUT2D eigenvalue weighted by atomic mass is 10.1. The largest absolute Gasteiger partial charge is 0.480 e. The summed E-state index contributed by atoms with van der Waals surface area (Å²) in [6.07, 6.45) is 0.530. The van der Waals surface area contributed by atoms with E-state index in [-0.39, 0.29) is 24.4 Å². The highest BCUT2D eigenvalue weighted by molar-refractivity contribution is 7.89. The first-order valence-corrected chi connectivity index (χ1v) is 9.80. The predicted octanol–water partition coefficient (Wildman–Crippen LogP) is 1.83. The van der Waals surface area contributed by atoms with Crippen molar-refractivity contribution in [3.05, 3.63) is 42.5 Å². The van der Waals surface area contributed by atoms with E-state index in [4.69, 9.17) is 5.11 Å². The number of hydrogen-bond acceptors (Lipinski definition) is 4. The second-order valence-electron chi connectivity index (χ2n) is 5.87. The van der Waals surface area contributed by atoms with Crippen molar-refractivity contribution in [3.63, 3.8) is 0 Å². The third kappa shape index (κ3) is 5.27. The zero-order valence-corrected chi connectivity index (χ0v) is 15.3. The molecule has 2 aromatic rings. The molecule has 2 aromatic carbocycles. The Morgan fingerprint density at radius 2 is 1.81 bits per heavy atom. The first-order valence-electron chi connectivity index (χ1n) is 8.31. The molecule has 0 aliphatic rings. The van der Waals surface area contributed by atoms with Crippen LogP contribution in [0.3, 0.4) is 0 Å². The maximum absolute atomic E-state index is 12.4. The number of nitrogens with one attached hydrogen (secondary N) is 1. The number of carboxylic acid groups (broad SMARTS) is 1. The smallest absolute Gasteiger partial charge is 0.323 e. The quantitative estimate of drug-likeness (QED) is 0.693. The van der Waals surface area contributed by atoms with Gasteiger partial charge in [0.25, 0.3) is 0 Å². The van der Waals surface area contributed by atoms with E-state index in [1.165, 1.54) is 11.0 Å². The van der Waals surface area contributed by atoms with Gasteiger partial charge >= 0.3 is 5.97 Å². The highest BCUT2D eigenvalue weighted by Gasteiger charge is 2.18. The normalized spacial score (nSPS) is 11.4. The van der Waals surface area contributed by atoms with Crippen LogP contribution in [0.1, 0.15) is 19.8 Å². The number of aliphatic carboxylic acids is 1. The number of nitrogens with zero attached hydrogens (tertiary/aromatic N) is 1. The van der Waals surface area contributed by atoms with Crippen LogP contribution in [-0.4, -0.2) is 49.9 Å². The van der Waals surface area contributed by atoms with Crippen LogP contribution in [0.15, 0.2) is 47.4 Å². The van der Waals surface area contributed by atoms with Crippen molar-refractivity contribution in [2.45, 2.75) is 24.7 Å². The van der Waals surface area contributed by atoms with Crippen molar-refractivity contribution in [1.82, 2.24) is 9.62 Å². The van der Waals surface area contributed by atoms with Gasteiger partial charge in [-0.25, -0.2) is 13.1 Å². The molecule has 8 heteroatoms. The van der Waals surface area contributed by atoms with Crippen molar-refractivity contribution < 1.29 is 23.1 Å². The number of carbonyl (C=O) groups excluding carboxylic acids is 1. The second kappa shape index (κ2) is 8.77. The van der Waals surface area contributed by atoms with Gasteiger partial charge < -0.3 is 10.0 Å². The highest BCUT2D eigenvalue weighted by atomic mass is 32.2. The molecular formula is C18H22N2O5S. The Labute approximate surface area is 152 Å². The van der Waals surface area contributed by atoms with Gasteiger partial charge in [0, 0.05) is 19.5 Å². The number of hydrogen-bond donors (Lipinski definition) is 2. The lowest BCUT2D eigenvalue weighted by Crippen LogP contribution is -2.38. The zero-order chi connectivity index (χ0) is 19.2. The first kappa shape index (κ1) is 19.9. The van der Waals surface area contributed by atoms with Crippen LogP contribution in [0.5, 0.6) is 0 Å². The fourth-order valence-corrected chi connectivity index (χ4v) is 3.66. The van der Waals surface area contributed by atoms with E-state index in [9.17, 15) is 18.0 Å². The van der Waals surface area contributed by atoms with Crippen molar-refractivity contribution in [1.29, 1.82) is 0 Å². The van der Waals surface area contributed by atoms with Gasteiger partial charge in [-0.1, -0.05) is 37.3 Å². The number of rotatable bonds is 9. The van der Waals surface area contributed by atoms with Gasteiger partial charge in [0.2, 0.25) is 15.9 Å². The fraction of sp³-hybridized carbons (Fsp3) is 0.333. The molecule has 0 aliphatic carbocycles. The molecule has 2 rings (SSSR count). The molecule has 0 radical (unpaired) electrons. The Morgan fingerprint density at radius 3 is 2.46 bits per heavy atom. The van der Waals surface area contributed by atoms with Gasteiger partial charge in [-0.05, 0) is 29.3 Å². The predicted molar refractivity (Wildman–Crippen MR) is 98.3 cm³/mol. The molecule has 26 heavy (non-hydrogen) atoms. The molecule has 0 unspecified atom stereocenters. The Hall–Kier alpha value is -2.45. The van der Waals surface area contributed by atoms with Crippen molar-refractivity contribution in [2.24, 2.45) is 0 Å². The molecule has 0 spiro atoms.